The quantitative estimate of drug-likeness (QED) is 0.846. The molecule has 2 aromatic rings. The minimum atomic E-state index is -0.489. The number of aliphatic hydroxyl groups is 1. The van der Waals surface area contributed by atoms with Crippen LogP contribution in [-0.2, 0) is 0 Å². The highest BCUT2D eigenvalue weighted by atomic mass is 16.3. The van der Waals surface area contributed by atoms with Crippen molar-refractivity contribution >= 4 is 0 Å². The predicted molar refractivity (Wildman–Crippen MR) is 69.5 cm³/mol. The monoisotopic (exact) mass is 230 g/mol. The van der Waals surface area contributed by atoms with Crippen LogP contribution in [0.1, 0.15) is 23.1 Å². The maximum Gasteiger partial charge on any atom is 0.0978 e. The Hall–Kier alpha value is -1.74. The van der Waals surface area contributed by atoms with Gasteiger partial charge < -0.3 is 10.5 Å². The van der Waals surface area contributed by atoms with Gasteiger partial charge in [0.15, 0.2) is 0 Å². The van der Waals surface area contributed by atoms with Crippen molar-refractivity contribution in [2.75, 3.05) is 12.0 Å². The summed E-state index contributed by atoms with van der Waals surface area (Å²) in [6.45, 7) is 4.57. The molecule has 1 aromatic carbocycles. The molecule has 0 radical (unpaired) electrons. The molecule has 3 nitrogen and oxygen atoms in total. The van der Waals surface area contributed by atoms with E-state index in [1.54, 1.807) is 0 Å². The van der Waals surface area contributed by atoms with Crippen LogP contribution in [0, 0.1) is 13.8 Å². The van der Waals surface area contributed by atoms with Crippen molar-refractivity contribution in [3.05, 3.63) is 59.4 Å². The molecule has 1 aromatic heterocycles. The number of nitrogens with one attached hydrogen (secondary N) is 1. The number of benzene rings is 1. The highest BCUT2D eigenvalue weighted by molar-refractivity contribution is 5.19. The van der Waals surface area contributed by atoms with E-state index in [9.17, 15) is 5.11 Å². The SMILES string of the molecule is Cc1ccc(C)n1NCC(O)c1ccccc1. The van der Waals surface area contributed by atoms with Crippen molar-refractivity contribution in [2.24, 2.45) is 0 Å². The summed E-state index contributed by atoms with van der Waals surface area (Å²) in [7, 11) is 0. The molecule has 1 atom stereocenters. The van der Waals surface area contributed by atoms with Crippen LogP contribution in [0.25, 0.3) is 0 Å². The first-order valence-corrected chi connectivity index (χ1v) is 5.80. The summed E-state index contributed by atoms with van der Waals surface area (Å²) >= 11 is 0. The van der Waals surface area contributed by atoms with Gasteiger partial charge in [-0.15, -0.1) is 0 Å². The molecule has 0 saturated carbocycles. The standard InChI is InChI=1S/C14H18N2O/c1-11-8-9-12(2)16(11)15-10-14(17)13-6-4-3-5-7-13/h3-9,14-15,17H,10H2,1-2H3. The molecule has 3 heteroatoms. The van der Waals surface area contributed by atoms with Gasteiger partial charge in [-0.1, -0.05) is 30.3 Å². The Morgan fingerprint density at radius 1 is 1.06 bits per heavy atom. The lowest BCUT2D eigenvalue weighted by atomic mass is 10.1. The molecule has 2 N–H and O–H groups in total. The number of rotatable bonds is 4. The van der Waals surface area contributed by atoms with E-state index >= 15 is 0 Å². The van der Waals surface area contributed by atoms with Gasteiger partial charge in [0.05, 0.1) is 12.6 Å². The molecule has 0 fully saturated rings. The van der Waals surface area contributed by atoms with Crippen LogP contribution in [0.2, 0.25) is 0 Å². The maximum absolute atomic E-state index is 10.0. The second-order valence-corrected chi connectivity index (χ2v) is 4.24. The summed E-state index contributed by atoms with van der Waals surface area (Å²) < 4.78 is 1.99. The molecule has 0 aliphatic heterocycles. The summed E-state index contributed by atoms with van der Waals surface area (Å²) in [4.78, 5) is 0. The van der Waals surface area contributed by atoms with Crippen molar-refractivity contribution in [1.82, 2.24) is 4.68 Å². The van der Waals surface area contributed by atoms with Gasteiger partial charge in [-0.05, 0) is 31.5 Å². The van der Waals surface area contributed by atoms with Gasteiger partial charge in [-0.3, -0.25) is 4.68 Å². The lowest BCUT2D eigenvalue weighted by Crippen LogP contribution is -2.23. The van der Waals surface area contributed by atoms with Gasteiger partial charge in [0, 0.05) is 11.4 Å². The van der Waals surface area contributed by atoms with E-state index in [-0.39, 0.29) is 0 Å². The van der Waals surface area contributed by atoms with E-state index in [4.69, 9.17) is 0 Å². The van der Waals surface area contributed by atoms with Crippen LogP contribution in [-0.4, -0.2) is 16.3 Å². The number of aliphatic hydroxyl groups excluding tert-OH is 1. The molecule has 2 rings (SSSR count). The Balaban J connectivity index is 1.99. The Morgan fingerprint density at radius 3 is 2.24 bits per heavy atom. The van der Waals surface area contributed by atoms with Crippen molar-refractivity contribution in [2.45, 2.75) is 20.0 Å². The molecule has 0 spiro atoms. The zero-order valence-electron chi connectivity index (χ0n) is 10.2. The molecule has 0 bridgehead atoms. The number of hydrogen-bond acceptors (Lipinski definition) is 2. The second-order valence-electron chi connectivity index (χ2n) is 4.24. The van der Waals surface area contributed by atoms with Crippen LogP contribution in [0.4, 0.5) is 0 Å². The highest BCUT2D eigenvalue weighted by Crippen LogP contribution is 2.12. The molecule has 17 heavy (non-hydrogen) atoms. The van der Waals surface area contributed by atoms with Gasteiger partial charge in [0.1, 0.15) is 0 Å². The van der Waals surface area contributed by atoms with E-state index in [1.807, 2.05) is 48.9 Å². The number of hydrogen-bond donors (Lipinski definition) is 2. The third-order valence-corrected chi connectivity index (χ3v) is 2.90. The average molecular weight is 230 g/mol. The lowest BCUT2D eigenvalue weighted by molar-refractivity contribution is 0.188. The third kappa shape index (κ3) is 2.68. The van der Waals surface area contributed by atoms with Crippen molar-refractivity contribution in [1.29, 1.82) is 0 Å². The third-order valence-electron chi connectivity index (χ3n) is 2.90. The van der Waals surface area contributed by atoms with Crippen molar-refractivity contribution < 1.29 is 5.11 Å². The van der Waals surface area contributed by atoms with E-state index in [0.29, 0.717) is 6.54 Å². The first kappa shape index (κ1) is 11.7. The van der Waals surface area contributed by atoms with E-state index in [1.165, 1.54) is 0 Å². The normalized spacial score (nSPS) is 12.4. The van der Waals surface area contributed by atoms with Gasteiger partial charge >= 0.3 is 0 Å². The Morgan fingerprint density at radius 2 is 1.65 bits per heavy atom. The minimum Gasteiger partial charge on any atom is -0.387 e. The van der Waals surface area contributed by atoms with E-state index < -0.39 is 6.10 Å². The average Bonchev–Trinajstić information content (AvgIpc) is 2.67. The molecule has 0 saturated heterocycles. The molecule has 0 aliphatic rings. The van der Waals surface area contributed by atoms with Crippen molar-refractivity contribution in [3.8, 4) is 0 Å². The first-order chi connectivity index (χ1) is 8.18. The second kappa shape index (κ2) is 5.06. The molecule has 1 heterocycles. The van der Waals surface area contributed by atoms with Crippen LogP contribution in [0.15, 0.2) is 42.5 Å². The smallest absolute Gasteiger partial charge is 0.0978 e. The van der Waals surface area contributed by atoms with E-state index in [2.05, 4.69) is 17.6 Å². The van der Waals surface area contributed by atoms with Gasteiger partial charge in [-0.2, -0.15) is 0 Å². The maximum atomic E-state index is 10.0. The summed E-state index contributed by atoms with van der Waals surface area (Å²) in [6.07, 6.45) is -0.489. The van der Waals surface area contributed by atoms with Crippen molar-refractivity contribution in [3.63, 3.8) is 0 Å². The lowest BCUT2D eigenvalue weighted by Gasteiger charge is -2.16. The van der Waals surface area contributed by atoms with E-state index in [0.717, 1.165) is 17.0 Å². The summed E-state index contributed by atoms with van der Waals surface area (Å²) in [5, 5.41) is 10.0. The van der Waals surface area contributed by atoms with Crippen LogP contribution >= 0.6 is 0 Å². The molecule has 1 unspecified atom stereocenters. The summed E-state index contributed by atoms with van der Waals surface area (Å²) in [6, 6.07) is 13.8. The largest absolute Gasteiger partial charge is 0.387 e. The zero-order valence-corrected chi connectivity index (χ0v) is 10.2. The molecule has 0 aliphatic carbocycles. The predicted octanol–water partition coefficient (Wildman–Crippen LogP) is 2.38. The first-order valence-electron chi connectivity index (χ1n) is 5.80. The number of aryl methyl sites for hydroxylation is 2. The van der Waals surface area contributed by atoms with Crippen LogP contribution in [0.3, 0.4) is 0 Å². The molecular formula is C14H18N2O. The molecular weight excluding hydrogens is 212 g/mol. The zero-order chi connectivity index (χ0) is 12.3. The highest BCUT2D eigenvalue weighted by Gasteiger charge is 2.07. The fourth-order valence-electron chi connectivity index (χ4n) is 1.89. The molecule has 0 amide bonds. The topological polar surface area (TPSA) is 37.2 Å². The number of aromatic nitrogens is 1. The number of nitrogens with zero attached hydrogens (tertiary/aromatic N) is 1. The summed E-state index contributed by atoms with van der Waals surface area (Å²) in [5.74, 6) is 0. The summed E-state index contributed by atoms with van der Waals surface area (Å²) in [5.41, 5.74) is 6.44. The fourth-order valence-corrected chi connectivity index (χ4v) is 1.89. The van der Waals surface area contributed by atoms with Gasteiger partial charge in [-0.25, -0.2) is 0 Å². The van der Waals surface area contributed by atoms with Crippen LogP contribution < -0.4 is 5.43 Å². The Kier molecular flexibility index (Phi) is 3.49. The fraction of sp³-hybridized carbons (Fsp3) is 0.286. The van der Waals surface area contributed by atoms with Gasteiger partial charge in [0.25, 0.3) is 0 Å². The van der Waals surface area contributed by atoms with Gasteiger partial charge in [0.2, 0.25) is 0 Å². The Bertz CT molecular complexity index is 457. The molecule has 90 valence electrons. The minimum absolute atomic E-state index is 0.489. The Labute approximate surface area is 102 Å². The van der Waals surface area contributed by atoms with Crippen LogP contribution in [0.5, 0.6) is 0 Å².